The number of aliphatic imine (C=N–C) groups is 1. The second-order valence-electron chi connectivity index (χ2n) is 1.87. The number of hydrogen-bond donors (Lipinski definition) is 1. The molecular formula is C7H16N2. The first-order chi connectivity index (χ1) is 4.41. The van der Waals surface area contributed by atoms with Crippen LogP contribution in [0.4, 0.5) is 0 Å². The lowest BCUT2D eigenvalue weighted by atomic mass is 10.4. The van der Waals surface area contributed by atoms with Crippen molar-refractivity contribution in [1.29, 1.82) is 0 Å². The molecule has 0 rings (SSSR count). The van der Waals surface area contributed by atoms with Crippen LogP contribution in [0, 0.1) is 0 Å². The fourth-order valence-corrected chi connectivity index (χ4v) is 0.601. The highest BCUT2D eigenvalue weighted by molar-refractivity contribution is 5.53. The van der Waals surface area contributed by atoms with Crippen molar-refractivity contribution in [3.05, 3.63) is 0 Å². The van der Waals surface area contributed by atoms with Crippen LogP contribution in [0.3, 0.4) is 0 Å². The molecule has 0 aliphatic heterocycles. The van der Waals surface area contributed by atoms with E-state index in [2.05, 4.69) is 17.2 Å². The van der Waals surface area contributed by atoms with Crippen molar-refractivity contribution in [2.45, 2.75) is 20.3 Å². The monoisotopic (exact) mass is 128 g/mol. The fourth-order valence-electron chi connectivity index (χ4n) is 0.601. The molecule has 0 aromatic rings. The third-order valence-electron chi connectivity index (χ3n) is 1.07. The average Bonchev–Trinajstić information content (AvgIpc) is 1.89. The summed E-state index contributed by atoms with van der Waals surface area (Å²) in [7, 11) is 0. The van der Waals surface area contributed by atoms with E-state index in [0.29, 0.717) is 0 Å². The highest BCUT2D eigenvalue weighted by Crippen LogP contribution is 1.76. The molecule has 0 bridgehead atoms. The Balaban J connectivity index is 2.75. The summed E-state index contributed by atoms with van der Waals surface area (Å²) in [6, 6.07) is 0. The van der Waals surface area contributed by atoms with Crippen LogP contribution < -0.4 is 5.32 Å². The molecule has 9 heavy (non-hydrogen) atoms. The summed E-state index contributed by atoms with van der Waals surface area (Å²) >= 11 is 0. The zero-order valence-corrected chi connectivity index (χ0v) is 6.35. The largest absolute Gasteiger partial charge is 0.317 e. The van der Waals surface area contributed by atoms with E-state index in [1.807, 2.05) is 13.1 Å². The predicted molar refractivity (Wildman–Crippen MR) is 42.2 cm³/mol. The molecule has 0 amide bonds. The summed E-state index contributed by atoms with van der Waals surface area (Å²) in [5.41, 5.74) is 0. The lowest BCUT2D eigenvalue weighted by Crippen LogP contribution is -2.14. The van der Waals surface area contributed by atoms with Gasteiger partial charge in [0.25, 0.3) is 0 Å². The summed E-state index contributed by atoms with van der Waals surface area (Å²) in [6.07, 6.45) is 3.00. The van der Waals surface area contributed by atoms with Crippen molar-refractivity contribution < 1.29 is 0 Å². The van der Waals surface area contributed by atoms with Gasteiger partial charge in [-0.05, 0) is 32.6 Å². The fraction of sp³-hybridized carbons (Fsp3) is 0.857. The summed E-state index contributed by atoms with van der Waals surface area (Å²) in [4.78, 5) is 4.08. The smallest absolute Gasteiger partial charge is 0.0397 e. The first-order valence-electron chi connectivity index (χ1n) is 3.57. The molecule has 0 unspecified atom stereocenters. The zero-order chi connectivity index (χ0) is 6.95. The van der Waals surface area contributed by atoms with Crippen molar-refractivity contribution in [3.8, 4) is 0 Å². The first kappa shape index (κ1) is 8.63. The number of nitrogens with one attached hydrogen (secondary N) is 1. The van der Waals surface area contributed by atoms with Crippen LogP contribution in [0.25, 0.3) is 0 Å². The van der Waals surface area contributed by atoms with E-state index >= 15 is 0 Å². The predicted octanol–water partition coefficient (Wildman–Crippen LogP) is 1.08. The standard InChI is InChI=1S/C7H16N2/c1-3-8-6-5-7-9-4-2/h3,9H,4-7H2,1-2H3. The molecule has 1 N–H and O–H groups in total. The van der Waals surface area contributed by atoms with Crippen LogP contribution in [0.1, 0.15) is 20.3 Å². The Hall–Kier alpha value is -0.370. The lowest BCUT2D eigenvalue weighted by molar-refractivity contribution is 0.680. The normalized spacial score (nSPS) is 10.9. The Morgan fingerprint density at radius 3 is 2.89 bits per heavy atom. The van der Waals surface area contributed by atoms with E-state index in [4.69, 9.17) is 0 Å². The highest BCUT2D eigenvalue weighted by atomic mass is 14.8. The third kappa shape index (κ3) is 7.63. The quantitative estimate of drug-likeness (QED) is 0.435. The summed E-state index contributed by atoms with van der Waals surface area (Å²) in [6.45, 7) is 7.18. The van der Waals surface area contributed by atoms with Crippen LogP contribution in [0.5, 0.6) is 0 Å². The SMILES string of the molecule is CC=NCCCNCC. The molecule has 0 aromatic heterocycles. The maximum Gasteiger partial charge on any atom is 0.0397 e. The van der Waals surface area contributed by atoms with Gasteiger partial charge in [0.05, 0.1) is 0 Å². The van der Waals surface area contributed by atoms with Gasteiger partial charge in [-0.1, -0.05) is 6.92 Å². The second kappa shape index (κ2) is 7.63. The van der Waals surface area contributed by atoms with Gasteiger partial charge < -0.3 is 5.32 Å². The number of nitrogens with zero attached hydrogens (tertiary/aromatic N) is 1. The van der Waals surface area contributed by atoms with Crippen molar-refractivity contribution in [1.82, 2.24) is 5.32 Å². The Morgan fingerprint density at radius 2 is 2.33 bits per heavy atom. The molecule has 0 saturated carbocycles. The highest BCUT2D eigenvalue weighted by Gasteiger charge is 1.80. The summed E-state index contributed by atoms with van der Waals surface area (Å²) in [5.74, 6) is 0. The van der Waals surface area contributed by atoms with Crippen molar-refractivity contribution in [2.24, 2.45) is 4.99 Å². The van der Waals surface area contributed by atoms with E-state index in [1.165, 1.54) is 0 Å². The van der Waals surface area contributed by atoms with Crippen LogP contribution in [0.2, 0.25) is 0 Å². The third-order valence-corrected chi connectivity index (χ3v) is 1.07. The van der Waals surface area contributed by atoms with Gasteiger partial charge in [0.2, 0.25) is 0 Å². The molecule has 0 radical (unpaired) electrons. The Bertz CT molecular complexity index is 69.3. The van der Waals surface area contributed by atoms with Gasteiger partial charge in [-0.25, -0.2) is 0 Å². The van der Waals surface area contributed by atoms with E-state index in [-0.39, 0.29) is 0 Å². The lowest BCUT2D eigenvalue weighted by Gasteiger charge is -1.96. The number of hydrogen-bond acceptors (Lipinski definition) is 2. The molecule has 0 heterocycles. The minimum atomic E-state index is 0.962. The molecule has 54 valence electrons. The molecule has 0 aliphatic carbocycles. The van der Waals surface area contributed by atoms with Crippen LogP contribution in [-0.2, 0) is 0 Å². The summed E-state index contributed by atoms with van der Waals surface area (Å²) < 4.78 is 0. The molecule has 2 nitrogen and oxygen atoms in total. The molecule has 2 heteroatoms. The van der Waals surface area contributed by atoms with E-state index in [0.717, 1.165) is 26.1 Å². The van der Waals surface area contributed by atoms with Gasteiger partial charge in [-0.3, -0.25) is 4.99 Å². The van der Waals surface area contributed by atoms with E-state index in [9.17, 15) is 0 Å². The molecule has 0 spiro atoms. The van der Waals surface area contributed by atoms with Crippen LogP contribution >= 0.6 is 0 Å². The maximum absolute atomic E-state index is 4.08. The van der Waals surface area contributed by atoms with Crippen LogP contribution in [-0.4, -0.2) is 25.8 Å². The molecule has 0 atom stereocenters. The van der Waals surface area contributed by atoms with Gasteiger partial charge in [0.1, 0.15) is 0 Å². The molecular weight excluding hydrogens is 112 g/mol. The van der Waals surface area contributed by atoms with Crippen molar-refractivity contribution >= 4 is 6.21 Å². The Kier molecular flexibility index (Phi) is 7.32. The van der Waals surface area contributed by atoms with Crippen molar-refractivity contribution in [2.75, 3.05) is 19.6 Å². The first-order valence-corrected chi connectivity index (χ1v) is 3.57. The Morgan fingerprint density at radius 1 is 1.56 bits per heavy atom. The van der Waals surface area contributed by atoms with Crippen molar-refractivity contribution in [3.63, 3.8) is 0 Å². The summed E-state index contributed by atoms with van der Waals surface area (Å²) in [5, 5.41) is 3.23. The zero-order valence-electron chi connectivity index (χ0n) is 6.35. The molecule has 0 fully saturated rings. The van der Waals surface area contributed by atoms with E-state index < -0.39 is 0 Å². The van der Waals surface area contributed by atoms with Gasteiger partial charge in [-0.15, -0.1) is 0 Å². The molecule has 0 aliphatic rings. The van der Waals surface area contributed by atoms with E-state index in [1.54, 1.807) is 0 Å². The van der Waals surface area contributed by atoms with Crippen LogP contribution in [0.15, 0.2) is 4.99 Å². The average molecular weight is 128 g/mol. The maximum atomic E-state index is 4.08. The second-order valence-corrected chi connectivity index (χ2v) is 1.87. The minimum Gasteiger partial charge on any atom is -0.317 e. The Labute approximate surface area is 57.4 Å². The van der Waals surface area contributed by atoms with Gasteiger partial charge in [0, 0.05) is 6.54 Å². The topological polar surface area (TPSA) is 24.4 Å². The molecule has 0 aromatic carbocycles. The van der Waals surface area contributed by atoms with Gasteiger partial charge in [0.15, 0.2) is 0 Å². The van der Waals surface area contributed by atoms with Gasteiger partial charge in [-0.2, -0.15) is 0 Å². The van der Waals surface area contributed by atoms with Gasteiger partial charge >= 0.3 is 0 Å². The molecule has 0 saturated heterocycles. The number of rotatable bonds is 5. The minimum absolute atomic E-state index is 0.962.